The molecule has 0 aromatic heterocycles. The van der Waals surface area contributed by atoms with Crippen LogP contribution in [0.2, 0.25) is 0 Å². The molecule has 1 N–H and O–H groups in total. The fourth-order valence-electron chi connectivity index (χ4n) is 1.47. The first-order chi connectivity index (χ1) is 9.86. The number of nitrogens with one attached hydrogen (secondary N) is 1. The second-order valence-electron chi connectivity index (χ2n) is 3.46. The van der Waals surface area contributed by atoms with Gasteiger partial charge in [0.1, 0.15) is 0 Å². The van der Waals surface area contributed by atoms with E-state index < -0.39 is 0 Å². The van der Waals surface area contributed by atoms with Gasteiger partial charge in [0.05, 0.1) is 0 Å². The molecule has 0 amide bonds. The lowest BCUT2D eigenvalue weighted by molar-refractivity contribution is -0.133. The molecule has 0 atom stereocenters. The number of hydrogen-bond donors (Lipinski definition) is 2. The van der Waals surface area contributed by atoms with Crippen molar-refractivity contribution in [3.8, 4) is 0 Å². The quantitative estimate of drug-likeness (QED) is 0.566. The molecular formula is C16H31NO2S. The average molecular weight is 301 g/mol. The van der Waals surface area contributed by atoms with E-state index in [1.807, 2.05) is 45.9 Å². The molecule has 0 bridgehead atoms. The Bertz CT molecular complexity index is 264. The molecule has 118 valence electrons. The Morgan fingerprint density at radius 1 is 1.00 bits per heavy atom. The molecule has 1 aromatic carbocycles. The lowest BCUT2D eigenvalue weighted by atomic mass is 10.2. The number of hydrogen-bond acceptors (Lipinski definition) is 4. The van der Waals surface area contributed by atoms with Crippen molar-refractivity contribution >= 4 is 12.6 Å². The fraction of sp³-hybridized carbons (Fsp3) is 0.625. The van der Waals surface area contributed by atoms with Gasteiger partial charge < -0.3 is 14.8 Å². The summed E-state index contributed by atoms with van der Waals surface area (Å²) in [7, 11) is 0. The van der Waals surface area contributed by atoms with Crippen LogP contribution in [0.25, 0.3) is 0 Å². The van der Waals surface area contributed by atoms with E-state index in [4.69, 9.17) is 9.47 Å². The highest BCUT2D eigenvalue weighted by Gasteiger charge is 2.06. The first-order valence-electron chi connectivity index (χ1n) is 7.29. The van der Waals surface area contributed by atoms with Gasteiger partial charge in [-0.25, -0.2) is 0 Å². The van der Waals surface area contributed by atoms with Crippen molar-refractivity contribution < 1.29 is 9.47 Å². The summed E-state index contributed by atoms with van der Waals surface area (Å²) in [6.45, 7) is 10.9. The van der Waals surface area contributed by atoms with Gasteiger partial charge in [-0.15, -0.1) is 0 Å². The van der Waals surface area contributed by atoms with Crippen LogP contribution in [0.1, 0.15) is 33.3 Å². The van der Waals surface area contributed by atoms with E-state index in [-0.39, 0.29) is 6.29 Å². The molecule has 0 aliphatic carbocycles. The normalized spacial score (nSPS) is 9.35. The van der Waals surface area contributed by atoms with E-state index >= 15 is 0 Å². The summed E-state index contributed by atoms with van der Waals surface area (Å²) in [4.78, 5) is 0. The van der Waals surface area contributed by atoms with Crippen molar-refractivity contribution in [1.82, 2.24) is 5.32 Å². The molecule has 0 fully saturated rings. The summed E-state index contributed by atoms with van der Waals surface area (Å²) < 4.78 is 10.9. The Morgan fingerprint density at radius 3 is 1.95 bits per heavy atom. The van der Waals surface area contributed by atoms with Crippen molar-refractivity contribution in [1.29, 1.82) is 0 Å². The van der Waals surface area contributed by atoms with Gasteiger partial charge in [-0.2, -0.15) is 12.6 Å². The second-order valence-corrected chi connectivity index (χ2v) is 3.46. The van der Waals surface area contributed by atoms with Crippen LogP contribution in [0, 0.1) is 0 Å². The third-order valence-electron chi connectivity index (χ3n) is 2.19. The van der Waals surface area contributed by atoms with Gasteiger partial charge in [-0.05, 0) is 25.7 Å². The van der Waals surface area contributed by atoms with Crippen LogP contribution in [0.3, 0.4) is 0 Å². The molecular weight excluding hydrogens is 270 g/mol. The van der Waals surface area contributed by atoms with Crippen molar-refractivity contribution in [3.63, 3.8) is 0 Å². The first-order valence-corrected chi connectivity index (χ1v) is 8.18. The molecule has 1 rings (SSSR count). The summed E-state index contributed by atoms with van der Waals surface area (Å²) in [6.07, 6.45) is 1.55. The Morgan fingerprint density at radius 2 is 1.50 bits per heavy atom. The van der Waals surface area contributed by atoms with Crippen molar-refractivity contribution in [2.45, 2.75) is 40.5 Å². The maximum atomic E-state index is 5.44. The molecule has 0 aliphatic heterocycles. The highest BCUT2D eigenvalue weighted by Crippen LogP contribution is 1.98. The highest BCUT2D eigenvalue weighted by atomic mass is 32.1. The van der Waals surface area contributed by atoms with Crippen LogP contribution >= 0.6 is 12.6 Å². The number of benzene rings is 1. The van der Waals surface area contributed by atoms with E-state index in [0.29, 0.717) is 13.2 Å². The molecule has 1 aromatic rings. The first kappa shape index (κ1) is 21.7. The standard InChI is InChI=1S/C13H21NO2.C2H6.CH4S/c1-3-15-13(16-4-2)11-14-10-12-8-6-5-7-9-12;2*1-2/h5-9,13-14H,3-4,10-11H2,1-2H3;1-2H3;2H,1H3. The van der Waals surface area contributed by atoms with Crippen molar-refractivity contribution in [2.75, 3.05) is 26.0 Å². The minimum Gasteiger partial charge on any atom is -0.352 e. The van der Waals surface area contributed by atoms with Crippen LogP contribution in [-0.4, -0.2) is 32.3 Å². The minimum atomic E-state index is -0.140. The zero-order valence-electron chi connectivity index (χ0n) is 13.6. The third kappa shape index (κ3) is 12.5. The third-order valence-corrected chi connectivity index (χ3v) is 2.19. The van der Waals surface area contributed by atoms with Crippen molar-refractivity contribution in [2.24, 2.45) is 0 Å². The smallest absolute Gasteiger partial charge is 0.169 e. The lowest BCUT2D eigenvalue weighted by Crippen LogP contribution is -2.31. The summed E-state index contributed by atoms with van der Waals surface area (Å²) in [5, 5.41) is 3.32. The monoisotopic (exact) mass is 301 g/mol. The van der Waals surface area contributed by atoms with Gasteiger partial charge in [0.15, 0.2) is 6.29 Å². The maximum Gasteiger partial charge on any atom is 0.169 e. The molecule has 0 radical (unpaired) electrons. The molecule has 4 heteroatoms. The largest absolute Gasteiger partial charge is 0.352 e. The molecule has 0 unspecified atom stereocenters. The van der Waals surface area contributed by atoms with Crippen LogP contribution in [-0.2, 0) is 16.0 Å². The molecule has 0 spiro atoms. The lowest BCUT2D eigenvalue weighted by Gasteiger charge is -2.17. The molecule has 3 nitrogen and oxygen atoms in total. The van der Waals surface area contributed by atoms with Gasteiger partial charge >= 0.3 is 0 Å². The van der Waals surface area contributed by atoms with E-state index in [1.54, 1.807) is 6.26 Å². The Kier molecular flexibility index (Phi) is 20.1. The Labute approximate surface area is 130 Å². The second kappa shape index (κ2) is 18.4. The van der Waals surface area contributed by atoms with E-state index in [9.17, 15) is 0 Å². The zero-order valence-corrected chi connectivity index (χ0v) is 14.5. The molecule has 0 saturated heterocycles. The Balaban J connectivity index is 0. The predicted octanol–water partition coefficient (Wildman–Crippen LogP) is 3.75. The van der Waals surface area contributed by atoms with Gasteiger partial charge in [-0.3, -0.25) is 0 Å². The Hall–Kier alpha value is -0.550. The topological polar surface area (TPSA) is 30.5 Å². The molecule has 0 heterocycles. The van der Waals surface area contributed by atoms with Crippen LogP contribution in [0.15, 0.2) is 30.3 Å². The predicted molar refractivity (Wildman–Crippen MR) is 91.4 cm³/mol. The fourth-order valence-corrected chi connectivity index (χ4v) is 1.47. The van der Waals surface area contributed by atoms with Crippen molar-refractivity contribution in [3.05, 3.63) is 35.9 Å². The van der Waals surface area contributed by atoms with Crippen LogP contribution < -0.4 is 5.32 Å². The summed E-state index contributed by atoms with van der Waals surface area (Å²) >= 11 is 3.53. The van der Waals surface area contributed by atoms with Gasteiger partial charge in [0.2, 0.25) is 0 Å². The molecule has 0 aliphatic rings. The summed E-state index contributed by atoms with van der Waals surface area (Å²) in [5.74, 6) is 0. The molecule has 0 saturated carbocycles. The van der Waals surface area contributed by atoms with Gasteiger partial charge in [0.25, 0.3) is 0 Å². The van der Waals surface area contributed by atoms with Crippen LogP contribution in [0.5, 0.6) is 0 Å². The average Bonchev–Trinajstić information content (AvgIpc) is 2.53. The maximum absolute atomic E-state index is 5.44. The SMILES string of the molecule is CC.CCOC(CNCc1ccccc1)OCC.CS. The van der Waals surface area contributed by atoms with Crippen LogP contribution in [0.4, 0.5) is 0 Å². The zero-order chi connectivity index (χ0) is 15.6. The summed E-state index contributed by atoms with van der Waals surface area (Å²) in [5.41, 5.74) is 1.27. The van der Waals surface area contributed by atoms with E-state index in [1.165, 1.54) is 5.56 Å². The number of rotatable bonds is 8. The van der Waals surface area contributed by atoms with E-state index in [0.717, 1.165) is 13.1 Å². The molecule has 20 heavy (non-hydrogen) atoms. The van der Waals surface area contributed by atoms with Gasteiger partial charge in [-0.1, -0.05) is 44.2 Å². The highest BCUT2D eigenvalue weighted by molar-refractivity contribution is 7.79. The number of thiol groups is 1. The van der Waals surface area contributed by atoms with Gasteiger partial charge in [0, 0.05) is 26.3 Å². The van der Waals surface area contributed by atoms with E-state index in [2.05, 4.69) is 30.1 Å². The number of ether oxygens (including phenoxy) is 2. The minimum absolute atomic E-state index is 0.140. The summed E-state index contributed by atoms with van der Waals surface area (Å²) in [6, 6.07) is 10.3.